The van der Waals surface area contributed by atoms with E-state index in [4.69, 9.17) is 0 Å². The molecule has 1 atom stereocenters. The molecule has 1 aliphatic carbocycles. The minimum atomic E-state index is -0.0307. The summed E-state index contributed by atoms with van der Waals surface area (Å²) >= 11 is 0. The van der Waals surface area contributed by atoms with Gasteiger partial charge in [0.05, 0.1) is 0 Å². The lowest BCUT2D eigenvalue weighted by molar-refractivity contribution is 0.187. The first kappa shape index (κ1) is 14.6. The molecule has 0 bridgehead atoms. The fraction of sp³-hybridized carbons (Fsp3) is 0.438. The number of nitrogens with one attached hydrogen (secondary N) is 1. The summed E-state index contributed by atoms with van der Waals surface area (Å²) in [6.07, 6.45) is 7.75. The van der Waals surface area contributed by atoms with E-state index in [1.165, 1.54) is 12.8 Å². The molecule has 116 valence electrons. The van der Waals surface area contributed by atoms with E-state index in [1.807, 2.05) is 31.4 Å². The maximum atomic E-state index is 12.2. The zero-order chi connectivity index (χ0) is 15.5. The predicted molar refractivity (Wildman–Crippen MR) is 83.5 cm³/mol. The number of pyridine rings is 1. The SMILES string of the molecule is CC(C1CC1)N(C)C(=O)NCc1ccnc(-n2cccn2)c1. The van der Waals surface area contributed by atoms with Crippen molar-refractivity contribution >= 4 is 6.03 Å². The van der Waals surface area contributed by atoms with E-state index in [1.54, 1.807) is 22.0 Å². The lowest BCUT2D eigenvalue weighted by Crippen LogP contribution is -2.43. The van der Waals surface area contributed by atoms with Crippen molar-refractivity contribution in [1.29, 1.82) is 0 Å². The van der Waals surface area contributed by atoms with Crippen molar-refractivity contribution in [3.05, 3.63) is 42.4 Å². The highest BCUT2D eigenvalue weighted by molar-refractivity contribution is 5.74. The molecule has 1 unspecified atom stereocenters. The predicted octanol–water partition coefficient (Wildman–Crippen LogP) is 2.21. The Labute approximate surface area is 130 Å². The van der Waals surface area contributed by atoms with E-state index < -0.39 is 0 Å². The first-order valence-electron chi connectivity index (χ1n) is 7.61. The van der Waals surface area contributed by atoms with Crippen LogP contribution in [0.3, 0.4) is 0 Å². The molecule has 0 aromatic carbocycles. The van der Waals surface area contributed by atoms with Crippen molar-refractivity contribution in [2.45, 2.75) is 32.4 Å². The monoisotopic (exact) mass is 299 g/mol. The van der Waals surface area contributed by atoms with Gasteiger partial charge in [-0.1, -0.05) is 0 Å². The summed E-state index contributed by atoms with van der Waals surface area (Å²) in [6.45, 7) is 2.59. The Morgan fingerprint density at radius 2 is 2.32 bits per heavy atom. The molecule has 0 saturated heterocycles. The quantitative estimate of drug-likeness (QED) is 0.920. The van der Waals surface area contributed by atoms with Crippen LogP contribution in [0.15, 0.2) is 36.8 Å². The van der Waals surface area contributed by atoms with E-state index in [0.29, 0.717) is 18.5 Å². The third-order valence-corrected chi connectivity index (χ3v) is 4.23. The first-order valence-corrected chi connectivity index (χ1v) is 7.61. The summed E-state index contributed by atoms with van der Waals surface area (Å²) in [5.41, 5.74) is 1.00. The van der Waals surface area contributed by atoms with Crippen LogP contribution in [0.25, 0.3) is 5.82 Å². The third-order valence-electron chi connectivity index (χ3n) is 4.23. The molecule has 2 heterocycles. The number of rotatable bonds is 5. The molecule has 2 aromatic rings. The van der Waals surface area contributed by atoms with Crippen LogP contribution in [-0.2, 0) is 6.54 Å². The number of hydrogen-bond acceptors (Lipinski definition) is 3. The van der Waals surface area contributed by atoms with Gasteiger partial charge in [-0.25, -0.2) is 14.5 Å². The number of hydrogen-bond donors (Lipinski definition) is 1. The van der Waals surface area contributed by atoms with E-state index >= 15 is 0 Å². The molecule has 1 saturated carbocycles. The standard InChI is InChI=1S/C16H21N5O/c1-12(14-4-5-14)20(2)16(22)18-11-13-6-8-17-15(10-13)21-9-3-7-19-21/h3,6-10,12,14H,4-5,11H2,1-2H3,(H,18,22). The second kappa shape index (κ2) is 6.17. The largest absolute Gasteiger partial charge is 0.334 e. The molecule has 0 aliphatic heterocycles. The minimum Gasteiger partial charge on any atom is -0.334 e. The Morgan fingerprint density at radius 1 is 1.50 bits per heavy atom. The molecule has 1 N–H and O–H groups in total. The van der Waals surface area contributed by atoms with Crippen LogP contribution in [0.1, 0.15) is 25.3 Å². The van der Waals surface area contributed by atoms with Crippen molar-refractivity contribution in [2.24, 2.45) is 5.92 Å². The van der Waals surface area contributed by atoms with Crippen molar-refractivity contribution in [1.82, 2.24) is 25.0 Å². The van der Waals surface area contributed by atoms with Crippen LogP contribution < -0.4 is 5.32 Å². The molecule has 0 radical (unpaired) electrons. The number of carbonyl (C=O) groups excluding carboxylic acids is 1. The Hall–Kier alpha value is -2.37. The van der Waals surface area contributed by atoms with Crippen LogP contribution in [-0.4, -0.2) is 38.8 Å². The van der Waals surface area contributed by atoms with Gasteiger partial charge in [0.25, 0.3) is 0 Å². The summed E-state index contributed by atoms with van der Waals surface area (Å²) < 4.78 is 1.70. The van der Waals surface area contributed by atoms with Gasteiger partial charge in [-0.2, -0.15) is 5.10 Å². The summed E-state index contributed by atoms with van der Waals surface area (Å²) in [6, 6.07) is 5.95. The van der Waals surface area contributed by atoms with Crippen molar-refractivity contribution < 1.29 is 4.79 Å². The maximum Gasteiger partial charge on any atom is 0.317 e. The number of carbonyl (C=O) groups is 1. The molecule has 1 aliphatic rings. The summed E-state index contributed by atoms with van der Waals surface area (Å²) in [4.78, 5) is 18.3. The average molecular weight is 299 g/mol. The van der Waals surface area contributed by atoms with Crippen LogP contribution in [0, 0.1) is 5.92 Å². The van der Waals surface area contributed by atoms with Gasteiger partial charge in [0.2, 0.25) is 0 Å². The molecule has 0 spiro atoms. The smallest absolute Gasteiger partial charge is 0.317 e. The summed E-state index contributed by atoms with van der Waals surface area (Å²) in [7, 11) is 1.86. The molecule has 6 nitrogen and oxygen atoms in total. The van der Waals surface area contributed by atoms with Gasteiger partial charge < -0.3 is 10.2 Å². The molecular weight excluding hydrogens is 278 g/mol. The van der Waals surface area contributed by atoms with Gasteiger partial charge in [0.1, 0.15) is 0 Å². The number of aromatic nitrogens is 3. The topological polar surface area (TPSA) is 63.1 Å². The van der Waals surface area contributed by atoms with E-state index in [0.717, 1.165) is 11.4 Å². The zero-order valence-electron chi connectivity index (χ0n) is 12.9. The Morgan fingerprint density at radius 3 is 3.00 bits per heavy atom. The van der Waals surface area contributed by atoms with E-state index in [9.17, 15) is 4.79 Å². The van der Waals surface area contributed by atoms with Crippen molar-refractivity contribution in [3.63, 3.8) is 0 Å². The summed E-state index contributed by atoms with van der Waals surface area (Å²) in [5.74, 6) is 1.42. The number of amides is 2. The molecule has 1 fully saturated rings. The highest BCUT2D eigenvalue weighted by Gasteiger charge is 2.32. The van der Waals surface area contributed by atoms with Crippen molar-refractivity contribution in [3.8, 4) is 5.82 Å². The van der Waals surface area contributed by atoms with Crippen LogP contribution in [0.4, 0.5) is 4.79 Å². The Balaban J connectivity index is 1.59. The van der Waals surface area contributed by atoms with Gasteiger partial charge in [0, 0.05) is 38.2 Å². The highest BCUT2D eigenvalue weighted by atomic mass is 16.2. The van der Waals surface area contributed by atoms with Gasteiger partial charge >= 0.3 is 6.03 Å². The molecular formula is C16H21N5O. The zero-order valence-corrected chi connectivity index (χ0v) is 12.9. The van der Waals surface area contributed by atoms with E-state index in [2.05, 4.69) is 22.3 Å². The van der Waals surface area contributed by atoms with Gasteiger partial charge in [-0.3, -0.25) is 0 Å². The second-order valence-electron chi connectivity index (χ2n) is 5.82. The normalized spacial score (nSPS) is 15.4. The van der Waals surface area contributed by atoms with Crippen LogP contribution >= 0.6 is 0 Å². The third kappa shape index (κ3) is 3.27. The van der Waals surface area contributed by atoms with Crippen LogP contribution in [0.2, 0.25) is 0 Å². The maximum absolute atomic E-state index is 12.2. The molecule has 22 heavy (non-hydrogen) atoms. The van der Waals surface area contributed by atoms with Gasteiger partial charge in [0.15, 0.2) is 5.82 Å². The van der Waals surface area contributed by atoms with E-state index in [-0.39, 0.29) is 6.03 Å². The minimum absolute atomic E-state index is 0.0307. The Bertz CT molecular complexity index is 636. The first-order chi connectivity index (χ1) is 10.6. The second-order valence-corrected chi connectivity index (χ2v) is 5.82. The van der Waals surface area contributed by atoms with Crippen LogP contribution in [0.5, 0.6) is 0 Å². The molecule has 3 rings (SSSR count). The Kier molecular flexibility index (Phi) is 4.09. The lowest BCUT2D eigenvalue weighted by Gasteiger charge is -2.25. The van der Waals surface area contributed by atoms with Gasteiger partial charge in [-0.05, 0) is 49.4 Å². The lowest BCUT2D eigenvalue weighted by atomic mass is 10.2. The molecule has 2 aromatic heterocycles. The number of nitrogens with zero attached hydrogens (tertiary/aromatic N) is 4. The fourth-order valence-electron chi connectivity index (χ4n) is 2.48. The molecule has 6 heteroatoms. The average Bonchev–Trinajstić information content (AvgIpc) is 3.25. The summed E-state index contributed by atoms with van der Waals surface area (Å²) in [5, 5.41) is 7.12. The van der Waals surface area contributed by atoms with Crippen molar-refractivity contribution in [2.75, 3.05) is 7.05 Å². The molecule has 2 amide bonds. The highest BCUT2D eigenvalue weighted by Crippen LogP contribution is 2.34. The van der Waals surface area contributed by atoms with Gasteiger partial charge in [-0.15, -0.1) is 0 Å². The number of urea groups is 1. The fourth-order valence-corrected chi connectivity index (χ4v) is 2.48.